The smallest absolute Gasteiger partial charge is 0.350 e. The zero-order valence-corrected chi connectivity index (χ0v) is 15.0. The Bertz CT molecular complexity index is 993. The molecule has 0 aliphatic rings. The summed E-state index contributed by atoms with van der Waals surface area (Å²) in [5, 5.41) is 7.00. The van der Waals surface area contributed by atoms with E-state index in [-0.39, 0.29) is 24.0 Å². The Kier molecular flexibility index (Phi) is 5.65. The molecule has 0 fully saturated rings. The fourth-order valence-corrected chi connectivity index (χ4v) is 2.71. The SMILES string of the molecule is CN(CC(=O)NCCCn1nc2ccccn2c1=O)C(=O)c1ccccc1. The lowest BCUT2D eigenvalue weighted by Crippen LogP contribution is -2.39. The Morgan fingerprint density at radius 1 is 1.11 bits per heavy atom. The van der Waals surface area contributed by atoms with E-state index in [9.17, 15) is 14.4 Å². The average molecular weight is 367 g/mol. The topological polar surface area (TPSA) is 88.7 Å². The van der Waals surface area contributed by atoms with Gasteiger partial charge in [0, 0.05) is 31.9 Å². The van der Waals surface area contributed by atoms with E-state index in [2.05, 4.69) is 10.4 Å². The van der Waals surface area contributed by atoms with E-state index in [1.807, 2.05) is 12.1 Å². The highest BCUT2D eigenvalue weighted by atomic mass is 16.2. The number of hydrogen-bond donors (Lipinski definition) is 1. The van der Waals surface area contributed by atoms with Crippen molar-refractivity contribution in [3.8, 4) is 0 Å². The first-order chi connectivity index (χ1) is 13.1. The maximum Gasteiger partial charge on any atom is 0.350 e. The monoisotopic (exact) mass is 367 g/mol. The van der Waals surface area contributed by atoms with Crippen LogP contribution in [0.1, 0.15) is 16.8 Å². The summed E-state index contributed by atoms with van der Waals surface area (Å²) in [4.78, 5) is 37.7. The molecule has 0 saturated heterocycles. The number of carbonyl (C=O) groups is 2. The molecule has 0 bridgehead atoms. The van der Waals surface area contributed by atoms with Crippen LogP contribution < -0.4 is 11.0 Å². The third-order valence-electron chi connectivity index (χ3n) is 4.11. The Balaban J connectivity index is 1.45. The second kappa shape index (κ2) is 8.31. The summed E-state index contributed by atoms with van der Waals surface area (Å²) < 4.78 is 2.86. The summed E-state index contributed by atoms with van der Waals surface area (Å²) in [6.07, 6.45) is 2.23. The van der Waals surface area contributed by atoms with E-state index in [1.54, 1.807) is 49.6 Å². The van der Waals surface area contributed by atoms with E-state index in [0.29, 0.717) is 30.7 Å². The van der Waals surface area contributed by atoms with E-state index in [4.69, 9.17) is 0 Å². The van der Waals surface area contributed by atoms with Crippen molar-refractivity contribution in [3.63, 3.8) is 0 Å². The minimum atomic E-state index is -0.246. The highest BCUT2D eigenvalue weighted by Gasteiger charge is 2.14. The first kappa shape index (κ1) is 18.4. The van der Waals surface area contributed by atoms with Crippen molar-refractivity contribution in [2.24, 2.45) is 0 Å². The van der Waals surface area contributed by atoms with Gasteiger partial charge in [0.05, 0.1) is 6.54 Å². The van der Waals surface area contributed by atoms with Gasteiger partial charge in [-0.05, 0) is 30.7 Å². The number of benzene rings is 1. The molecule has 2 amide bonds. The zero-order chi connectivity index (χ0) is 19.2. The van der Waals surface area contributed by atoms with Gasteiger partial charge in [0.25, 0.3) is 5.91 Å². The average Bonchev–Trinajstić information content (AvgIpc) is 3.01. The van der Waals surface area contributed by atoms with Gasteiger partial charge >= 0.3 is 5.69 Å². The van der Waals surface area contributed by atoms with Crippen LogP contribution >= 0.6 is 0 Å². The minimum Gasteiger partial charge on any atom is -0.354 e. The molecule has 3 aromatic rings. The van der Waals surface area contributed by atoms with Crippen molar-refractivity contribution in [1.82, 2.24) is 24.4 Å². The van der Waals surface area contributed by atoms with Crippen LogP contribution in [0, 0.1) is 0 Å². The molecule has 3 rings (SSSR count). The number of aromatic nitrogens is 3. The second-order valence-electron chi connectivity index (χ2n) is 6.17. The van der Waals surface area contributed by atoms with Crippen LogP contribution in [0.25, 0.3) is 5.65 Å². The lowest BCUT2D eigenvalue weighted by molar-refractivity contribution is -0.121. The molecule has 0 unspecified atom stereocenters. The summed E-state index contributed by atoms with van der Waals surface area (Å²) in [6, 6.07) is 14.2. The zero-order valence-electron chi connectivity index (χ0n) is 15.0. The van der Waals surface area contributed by atoms with Crippen LogP contribution in [0.15, 0.2) is 59.5 Å². The number of nitrogens with one attached hydrogen (secondary N) is 1. The molecule has 0 radical (unpaired) electrons. The highest BCUT2D eigenvalue weighted by Crippen LogP contribution is 2.02. The molecule has 27 heavy (non-hydrogen) atoms. The third kappa shape index (κ3) is 4.41. The van der Waals surface area contributed by atoms with Crippen molar-refractivity contribution < 1.29 is 9.59 Å². The largest absolute Gasteiger partial charge is 0.354 e. The third-order valence-corrected chi connectivity index (χ3v) is 4.11. The first-order valence-corrected chi connectivity index (χ1v) is 8.67. The molecule has 1 N–H and O–H groups in total. The summed E-state index contributed by atoms with van der Waals surface area (Å²) in [6.45, 7) is 0.772. The summed E-state index contributed by atoms with van der Waals surface area (Å²) in [7, 11) is 1.59. The fourth-order valence-electron chi connectivity index (χ4n) is 2.71. The quantitative estimate of drug-likeness (QED) is 0.625. The number of rotatable bonds is 7. The number of pyridine rings is 1. The molecule has 8 nitrogen and oxygen atoms in total. The molecular formula is C19H21N5O3. The van der Waals surface area contributed by atoms with Crippen LogP contribution in [0.3, 0.4) is 0 Å². The van der Waals surface area contributed by atoms with E-state index < -0.39 is 0 Å². The molecule has 0 aliphatic carbocycles. The predicted octanol–water partition coefficient (Wildman–Crippen LogP) is 0.774. The van der Waals surface area contributed by atoms with Gasteiger partial charge in [-0.1, -0.05) is 24.3 Å². The van der Waals surface area contributed by atoms with Crippen molar-refractivity contribution in [2.75, 3.05) is 20.1 Å². The maximum absolute atomic E-state index is 12.2. The molecule has 0 atom stereocenters. The fraction of sp³-hybridized carbons (Fsp3) is 0.263. The summed E-state index contributed by atoms with van der Waals surface area (Å²) in [5.41, 5.74) is 0.928. The van der Waals surface area contributed by atoms with E-state index in [1.165, 1.54) is 14.0 Å². The summed E-state index contributed by atoms with van der Waals surface area (Å²) >= 11 is 0. The van der Waals surface area contributed by atoms with Gasteiger partial charge in [-0.15, -0.1) is 5.10 Å². The van der Waals surface area contributed by atoms with Gasteiger partial charge in [0.1, 0.15) is 0 Å². The molecule has 0 saturated carbocycles. The van der Waals surface area contributed by atoms with Gasteiger partial charge in [0.15, 0.2) is 5.65 Å². The Morgan fingerprint density at radius 3 is 2.59 bits per heavy atom. The molecule has 1 aromatic carbocycles. The highest BCUT2D eigenvalue weighted by molar-refractivity contribution is 5.96. The van der Waals surface area contributed by atoms with E-state index in [0.717, 1.165) is 0 Å². The molecule has 2 heterocycles. The standard InChI is InChI=1S/C19H21N5O3/c1-22(18(26)15-8-3-2-4-9-15)14-17(25)20-11-7-13-24-19(27)23-12-6-5-10-16(23)21-24/h2-6,8-10,12H,7,11,13-14H2,1H3,(H,20,25). The number of nitrogens with zero attached hydrogens (tertiary/aromatic N) is 4. The van der Waals surface area contributed by atoms with Crippen LogP contribution in [-0.2, 0) is 11.3 Å². The number of amides is 2. The first-order valence-electron chi connectivity index (χ1n) is 8.67. The molecular weight excluding hydrogens is 346 g/mol. The van der Waals surface area contributed by atoms with Crippen molar-refractivity contribution in [2.45, 2.75) is 13.0 Å². The lowest BCUT2D eigenvalue weighted by atomic mass is 10.2. The molecule has 0 aliphatic heterocycles. The number of aryl methyl sites for hydroxylation is 1. The van der Waals surface area contributed by atoms with Crippen molar-refractivity contribution in [1.29, 1.82) is 0 Å². The van der Waals surface area contributed by atoms with Gasteiger partial charge in [-0.3, -0.25) is 14.0 Å². The van der Waals surface area contributed by atoms with Gasteiger partial charge < -0.3 is 10.2 Å². The van der Waals surface area contributed by atoms with Crippen LogP contribution in [0.5, 0.6) is 0 Å². The normalized spacial score (nSPS) is 10.7. The maximum atomic E-state index is 12.2. The van der Waals surface area contributed by atoms with Gasteiger partial charge in [-0.2, -0.15) is 0 Å². The van der Waals surface area contributed by atoms with Crippen LogP contribution in [-0.4, -0.2) is 51.0 Å². The number of hydrogen-bond acceptors (Lipinski definition) is 4. The second-order valence-corrected chi connectivity index (χ2v) is 6.17. The molecule has 0 spiro atoms. The molecule has 140 valence electrons. The number of fused-ring (bicyclic) bond motifs is 1. The Hall–Kier alpha value is -3.42. The number of carbonyl (C=O) groups excluding carboxylic acids is 2. The van der Waals surface area contributed by atoms with Crippen molar-refractivity contribution >= 4 is 17.5 Å². The minimum absolute atomic E-state index is 0.0258. The van der Waals surface area contributed by atoms with Crippen LogP contribution in [0.2, 0.25) is 0 Å². The van der Waals surface area contributed by atoms with Gasteiger partial charge in [0.2, 0.25) is 5.91 Å². The lowest BCUT2D eigenvalue weighted by Gasteiger charge is -2.16. The Morgan fingerprint density at radius 2 is 1.85 bits per heavy atom. The van der Waals surface area contributed by atoms with Gasteiger partial charge in [-0.25, -0.2) is 9.48 Å². The molecule has 8 heteroatoms. The predicted molar refractivity (Wildman–Crippen MR) is 100 cm³/mol. The molecule has 2 aromatic heterocycles. The number of likely N-dealkylation sites (N-methyl/N-ethyl adjacent to an activating group) is 1. The van der Waals surface area contributed by atoms with E-state index >= 15 is 0 Å². The van der Waals surface area contributed by atoms with Crippen molar-refractivity contribution in [3.05, 3.63) is 70.8 Å². The Labute approximate surface area is 156 Å². The van der Waals surface area contributed by atoms with Crippen LogP contribution in [0.4, 0.5) is 0 Å². The summed E-state index contributed by atoms with van der Waals surface area (Å²) in [5.74, 6) is -0.453.